The molecule has 4 heteroatoms. The maximum atomic E-state index is 9.90. The van der Waals surface area contributed by atoms with Crippen molar-refractivity contribution in [1.82, 2.24) is 0 Å². The van der Waals surface area contributed by atoms with Crippen LogP contribution in [0.2, 0.25) is 0 Å². The van der Waals surface area contributed by atoms with Gasteiger partial charge in [0.1, 0.15) is 11.5 Å². The number of nitrogens with zero attached hydrogens (tertiary/aromatic N) is 1. The second-order valence-electron chi connectivity index (χ2n) is 6.98. The molecule has 0 radical (unpaired) electrons. The van der Waals surface area contributed by atoms with Crippen LogP contribution in [-0.4, -0.2) is 0 Å². The van der Waals surface area contributed by atoms with E-state index in [2.05, 4.69) is 63.9 Å². The van der Waals surface area contributed by atoms with Gasteiger partial charge in [0.25, 0.3) is 0 Å². The van der Waals surface area contributed by atoms with Gasteiger partial charge >= 0.3 is 0 Å². The molecule has 1 aliphatic carbocycles. The molecule has 0 saturated heterocycles. The molecule has 0 aromatic heterocycles. The van der Waals surface area contributed by atoms with Crippen LogP contribution in [0.1, 0.15) is 19.4 Å². The van der Waals surface area contributed by atoms with Crippen LogP contribution >= 0.6 is 31.9 Å². The molecule has 2 nitrogen and oxygen atoms in total. The van der Waals surface area contributed by atoms with Crippen molar-refractivity contribution >= 4 is 31.9 Å². The number of hydrogen-bond acceptors (Lipinski definition) is 2. The van der Waals surface area contributed by atoms with E-state index in [1.807, 2.05) is 48.5 Å². The third-order valence-electron chi connectivity index (χ3n) is 5.23. The number of hydrogen-bond donors (Lipinski definition) is 0. The molecule has 0 aliphatic heterocycles. The highest BCUT2D eigenvalue weighted by Gasteiger charge is 2.70. The Morgan fingerprint density at radius 3 is 2.44 bits per heavy atom. The quantitative estimate of drug-likeness (QED) is 0.490. The molecule has 0 amide bonds. The fourth-order valence-electron chi connectivity index (χ4n) is 3.63. The van der Waals surface area contributed by atoms with Gasteiger partial charge in [-0.2, -0.15) is 5.26 Å². The predicted molar refractivity (Wildman–Crippen MR) is 108 cm³/mol. The van der Waals surface area contributed by atoms with Crippen molar-refractivity contribution in [1.29, 1.82) is 5.26 Å². The Morgan fingerprint density at radius 2 is 1.80 bits per heavy atom. The smallest absolute Gasteiger partial charge is 0.127 e. The third kappa shape index (κ3) is 3.54. The Kier molecular flexibility index (Phi) is 5.09. The fraction of sp³-hybridized carbons (Fsp3) is 0.286. The van der Waals surface area contributed by atoms with Crippen molar-refractivity contribution in [2.24, 2.45) is 16.7 Å². The first-order valence-electron chi connectivity index (χ1n) is 8.15. The van der Waals surface area contributed by atoms with E-state index in [9.17, 15) is 5.26 Å². The molecule has 0 unspecified atom stereocenters. The fourth-order valence-corrected chi connectivity index (χ4v) is 4.16. The maximum Gasteiger partial charge on any atom is 0.127 e. The minimum absolute atomic E-state index is 0.0647. The molecule has 0 bridgehead atoms. The van der Waals surface area contributed by atoms with Crippen LogP contribution < -0.4 is 4.74 Å². The lowest BCUT2D eigenvalue weighted by molar-refractivity contribution is 0.467. The molecule has 1 aliphatic rings. The van der Waals surface area contributed by atoms with Gasteiger partial charge in [0.2, 0.25) is 0 Å². The monoisotopic (exact) mass is 459 g/mol. The highest BCUT2D eigenvalue weighted by Crippen LogP contribution is 2.71. The van der Waals surface area contributed by atoms with Crippen LogP contribution in [0.5, 0.6) is 11.5 Å². The van der Waals surface area contributed by atoms with E-state index in [1.165, 1.54) is 0 Å². The summed E-state index contributed by atoms with van der Waals surface area (Å²) in [6.45, 7) is 4.31. The summed E-state index contributed by atoms with van der Waals surface area (Å²) in [5.41, 5.74) is 0.653. The topological polar surface area (TPSA) is 33.0 Å². The lowest BCUT2D eigenvalue weighted by Crippen LogP contribution is -2.10. The van der Waals surface area contributed by atoms with E-state index < -0.39 is 5.41 Å². The molecule has 25 heavy (non-hydrogen) atoms. The summed E-state index contributed by atoms with van der Waals surface area (Å²) in [7, 11) is 0. The molecular weight excluding hydrogens is 442 g/mol. The first-order valence-corrected chi connectivity index (χ1v) is 9.73. The van der Waals surface area contributed by atoms with E-state index in [0.717, 1.165) is 20.5 Å². The number of nitriles is 1. The third-order valence-corrected chi connectivity index (χ3v) is 5.76. The zero-order valence-corrected chi connectivity index (χ0v) is 17.3. The Labute approximate surface area is 165 Å². The highest BCUT2D eigenvalue weighted by atomic mass is 79.9. The van der Waals surface area contributed by atoms with E-state index >= 15 is 0 Å². The average Bonchev–Trinajstić information content (AvgIpc) is 3.02. The first kappa shape index (κ1) is 18.2. The second-order valence-corrected chi connectivity index (χ2v) is 9.75. The number of benzene rings is 2. The predicted octanol–water partition coefficient (Wildman–Crippen LogP) is 6.82. The second kappa shape index (κ2) is 6.97. The van der Waals surface area contributed by atoms with Gasteiger partial charge < -0.3 is 4.74 Å². The lowest BCUT2D eigenvalue weighted by atomic mass is 9.90. The van der Waals surface area contributed by atoms with E-state index in [1.54, 1.807) is 0 Å². The molecule has 0 spiro atoms. The number of allylic oxidation sites excluding steroid dienone is 1. The average molecular weight is 461 g/mol. The summed E-state index contributed by atoms with van der Waals surface area (Å²) in [5, 5.41) is 9.90. The SMILES string of the molecule is CC1(C)[C@@H](C=C(Br)Br)[C@]1(C#N)Cc1cccc(Oc2ccccc2)c1. The zero-order chi connectivity index (χ0) is 18.1. The van der Waals surface area contributed by atoms with Gasteiger partial charge in [-0.25, -0.2) is 0 Å². The molecule has 2 aromatic carbocycles. The molecule has 3 rings (SSSR count). The molecule has 0 N–H and O–H groups in total. The van der Waals surface area contributed by atoms with Crippen molar-refractivity contribution in [2.45, 2.75) is 20.3 Å². The van der Waals surface area contributed by atoms with Crippen LogP contribution in [0.3, 0.4) is 0 Å². The molecule has 1 saturated carbocycles. The normalized spacial score (nSPS) is 23.4. The van der Waals surface area contributed by atoms with Gasteiger partial charge in [-0.05, 0) is 73.5 Å². The van der Waals surface area contributed by atoms with Crippen molar-refractivity contribution in [3.63, 3.8) is 0 Å². The van der Waals surface area contributed by atoms with Crippen LogP contribution in [0.4, 0.5) is 0 Å². The lowest BCUT2D eigenvalue weighted by Gasteiger charge is -2.13. The molecule has 2 atom stereocenters. The molecule has 1 fully saturated rings. The van der Waals surface area contributed by atoms with Crippen molar-refractivity contribution in [2.75, 3.05) is 0 Å². The van der Waals surface area contributed by atoms with Crippen molar-refractivity contribution < 1.29 is 4.74 Å². The summed E-state index contributed by atoms with van der Waals surface area (Å²) >= 11 is 6.86. The molecular formula is C21H19Br2NO. The minimum Gasteiger partial charge on any atom is -0.457 e. The summed E-state index contributed by atoms with van der Waals surface area (Å²) in [5.74, 6) is 1.81. The van der Waals surface area contributed by atoms with E-state index in [-0.39, 0.29) is 11.3 Å². The van der Waals surface area contributed by atoms with Gasteiger partial charge in [0.05, 0.1) is 14.9 Å². The van der Waals surface area contributed by atoms with Crippen molar-refractivity contribution in [3.8, 4) is 17.6 Å². The Hall–Kier alpha value is -1.57. The van der Waals surface area contributed by atoms with Crippen molar-refractivity contribution in [3.05, 3.63) is 69.6 Å². The molecule has 0 heterocycles. The molecule has 128 valence electrons. The Bertz CT molecular complexity index is 834. The van der Waals surface area contributed by atoms with Gasteiger partial charge in [-0.3, -0.25) is 0 Å². The van der Waals surface area contributed by atoms with Crippen LogP contribution in [0.25, 0.3) is 0 Å². The Morgan fingerprint density at radius 1 is 1.12 bits per heavy atom. The van der Waals surface area contributed by atoms with E-state index in [0.29, 0.717) is 6.42 Å². The number of para-hydroxylation sites is 1. The van der Waals surface area contributed by atoms with Gasteiger partial charge in [-0.15, -0.1) is 0 Å². The summed E-state index contributed by atoms with van der Waals surface area (Å²) in [6.07, 6.45) is 2.80. The standard InChI is InChI=1S/C21H19Br2NO/c1-20(2)18(12-19(22)23)21(20,14-24)13-15-7-6-10-17(11-15)25-16-8-4-3-5-9-16/h3-12,18H,13H2,1-2H3/t18-,21-/m1/s1. The van der Waals surface area contributed by atoms with Crippen LogP contribution in [0, 0.1) is 28.1 Å². The largest absolute Gasteiger partial charge is 0.457 e. The van der Waals surface area contributed by atoms with Gasteiger partial charge in [-0.1, -0.05) is 50.3 Å². The van der Waals surface area contributed by atoms with Crippen LogP contribution in [-0.2, 0) is 6.42 Å². The zero-order valence-electron chi connectivity index (χ0n) is 14.2. The maximum absolute atomic E-state index is 9.90. The number of ether oxygens (including phenoxy) is 1. The number of halogens is 2. The minimum atomic E-state index is -0.398. The summed E-state index contributed by atoms with van der Waals surface area (Å²) in [4.78, 5) is 0. The molecule has 2 aromatic rings. The van der Waals surface area contributed by atoms with Gasteiger partial charge in [0.15, 0.2) is 0 Å². The van der Waals surface area contributed by atoms with E-state index in [4.69, 9.17) is 4.74 Å². The summed E-state index contributed by atoms with van der Waals surface area (Å²) < 4.78 is 6.82. The summed E-state index contributed by atoms with van der Waals surface area (Å²) in [6, 6.07) is 20.3. The Balaban J connectivity index is 1.82. The van der Waals surface area contributed by atoms with Gasteiger partial charge in [0, 0.05) is 5.92 Å². The number of rotatable bonds is 5. The van der Waals surface area contributed by atoms with Crippen LogP contribution in [0.15, 0.2) is 64.1 Å². The first-order chi connectivity index (χ1) is 11.9. The highest BCUT2D eigenvalue weighted by molar-refractivity contribution is 9.28.